The van der Waals surface area contributed by atoms with Crippen LogP contribution >= 0.6 is 0 Å². The lowest BCUT2D eigenvalue weighted by Crippen LogP contribution is -2.49. The standard InChI is InChI=1S/C25H30F3N3O2/c1-15-16(2)23(33-11-10-29)9-8-22(15)17(3)30-13-21-12-20(30)14-31(21)24(32)18-4-6-19(7-5-18)25(26,27)28/h4-9,17,20-21H,10-14,29H2,1-3H3/t17-,20+,21+/m0/s1. The molecule has 0 unspecified atom stereocenters. The predicted octanol–water partition coefficient (Wildman–Crippen LogP) is 4.32. The number of alkyl halides is 3. The van der Waals surface area contributed by atoms with E-state index in [0.29, 0.717) is 25.3 Å². The second-order valence-corrected chi connectivity index (χ2v) is 8.99. The number of piperazine rings is 1. The number of nitrogens with two attached hydrogens (primary N) is 1. The van der Waals surface area contributed by atoms with Crippen molar-refractivity contribution in [1.29, 1.82) is 0 Å². The largest absolute Gasteiger partial charge is 0.492 e. The summed E-state index contributed by atoms with van der Waals surface area (Å²) in [6.45, 7) is 8.63. The number of fused-ring (bicyclic) bond motifs is 2. The summed E-state index contributed by atoms with van der Waals surface area (Å²) in [7, 11) is 0. The van der Waals surface area contributed by atoms with Crippen molar-refractivity contribution in [2.75, 3.05) is 26.2 Å². The average Bonchev–Trinajstić information content (AvgIpc) is 3.40. The molecule has 4 rings (SSSR count). The van der Waals surface area contributed by atoms with Crippen molar-refractivity contribution < 1.29 is 22.7 Å². The maximum absolute atomic E-state index is 13.0. The molecule has 3 atom stereocenters. The number of carbonyl (C=O) groups excluding carboxylic acids is 1. The normalized spacial score (nSPS) is 21.5. The number of carbonyl (C=O) groups is 1. The lowest BCUT2D eigenvalue weighted by atomic mass is 9.96. The molecule has 2 N–H and O–H groups in total. The lowest BCUT2D eigenvalue weighted by molar-refractivity contribution is -0.137. The van der Waals surface area contributed by atoms with Crippen LogP contribution in [-0.2, 0) is 6.18 Å². The number of nitrogens with zero attached hydrogens (tertiary/aromatic N) is 2. The van der Waals surface area contributed by atoms with Gasteiger partial charge < -0.3 is 15.4 Å². The van der Waals surface area contributed by atoms with E-state index in [2.05, 4.69) is 31.7 Å². The van der Waals surface area contributed by atoms with Gasteiger partial charge in [0, 0.05) is 43.3 Å². The maximum Gasteiger partial charge on any atom is 0.416 e. The van der Waals surface area contributed by atoms with Gasteiger partial charge in [0.15, 0.2) is 0 Å². The van der Waals surface area contributed by atoms with Gasteiger partial charge in [-0.05, 0) is 74.2 Å². The van der Waals surface area contributed by atoms with Crippen molar-refractivity contribution in [2.45, 2.75) is 51.5 Å². The molecule has 2 aromatic rings. The topological polar surface area (TPSA) is 58.8 Å². The first-order chi connectivity index (χ1) is 15.6. The first-order valence-corrected chi connectivity index (χ1v) is 11.3. The van der Waals surface area contributed by atoms with Gasteiger partial charge in [-0.25, -0.2) is 0 Å². The van der Waals surface area contributed by atoms with Gasteiger partial charge in [-0.2, -0.15) is 13.2 Å². The number of ether oxygens (including phenoxy) is 1. The molecule has 0 radical (unpaired) electrons. The maximum atomic E-state index is 13.0. The Kier molecular flexibility index (Phi) is 6.42. The summed E-state index contributed by atoms with van der Waals surface area (Å²) in [6, 6.07) is 9.09. The van der Waals surface area contributed by atoms with E-state index in [0.717, 1.165) is 36.4 Å². The SMILES string of the molecule is Cc1c(OCCN)ccc([C@H](C)N2C[C@H]3C[C@@H]2CN3C(=O)c2ccc(C(F)(F)F)cc2)c1C. The highest BCUT2D eigenvalue weighted by molar-refractivity contribution is 5.94. The molecule has 2 fully saturated rings. The van der Waals surface area contributed by atoms with Gasteiger partial charge in [-0.3, -0.25) is 9.69 Å². The molecule has 2 aromatic carbocycles. The third kappa shape index (κ3) is 4.46. The van der Waals surface area contributed by atoms with Gasteiger partial charge in [-0.1, -0.05) is 6.07 Å². The number of hydrogen-bond donors (Lipinski definition) is 1. The minimum atomic E-state index is -4.41. The summed E-state index contributed by atoms with van der Waals surface area (Å²) in [5.41, 5.74) is 8.64. The van der Waals surface area contributed by atoms with Crippen molar-refractivity contribution in [3.05, 3.63) is 64.2 Å². The van der Waals surface area contributed by atoms with Crippen molar-refractivity contribution in [3.8, 4) is 5.75 Å². The quantitative estimate of drug-likeness (QED) is 0.696. The van der Waals surface area contributed by atoms with Crippen LogP contribution in [0.4, 0.5) is 13.2 Å². The molecule has 2 heterocycles. The highest BCUT2D eigenvalue weighted by Crippen LogP contribution is 2.39. The zero-order valence-electron chi connectivity index (χ0n) is 19.2. The number of hydrogen-bond acceptors (Lipinski definition) is 4. The number of benzene rings is 2. The van der Waals surface area contributed by atoms with Crippen LogP contribution in [0.2, 0.25) is 0 Å². The Bertz CT molecular complexity index is 1020. The molecule has 0 aliphatic carbocycles. The summed E-state index contributed by atoms with van der Waals surface area (Å²) < 4.78 is 44.2. The third-order valence-corrected chi connectivity index (χ3v) is 7.11. The average molecular weight is 462 g/mol. The summed E-state index contributed by atoms with van der Waals surface area (Å²) in [5, 5.41) is 0. The van der Waals surface area contributed by atoms with E-state index in [1.54, 1.807) is 0 Å². The van der Waals surface area contributed by atoms with Gasteiger partial charge >= 0.3 is 6.18 Å². The first-order valence-electron chi connectivity index (χ1n) is 11.3. The summed E-state index contributed by atoms with van der Waals surface area (Å²) in [6.07, 6.45) is -3.53. The first kappa shape index (κ1) is 23.6. The Morgan fingerprint density at radius 2 is 1.79 bits per heavy atom. The Morgan fingerprint density at radius 1 is 1.09 bits per heavy atom. The Balaban J connectivity index is 1.44. The zero-order chi connectivity index (χ0) is 23.9. The van der Waals surface area contributed by atoms with Crippen LogP contribution in [0, 0.1) is 13.8 Å². The second-order valence-electron chi connectivity index (χ2n) is 8.99. The fourth-order valence-corrected chi connectivity index (χ4v) is 5.16. The molecule has 0 spiro atoms. The Morgan fingerprint density at radius 3 is 2.36 bits per heavy atom. The van der Waals surface area contributed by atoms with Crippen molar-refractivity contribution >= 4 is 5.91 Å². The Hall–Kier alpha value is -2.58. The molecule has 2 bridgehead atoms. The van der Waals surface area contributed by atoms with E-state index in [1.165, 1.54) is 23.3 Å². The van der Waals surface area contributed by atoms with Gasteiger partial charge in [0.2, 0.25) is 0 Å². The molecule has 2 saturated heterocycles. The monoisotopic (exact) mass is 461 g/mol. The van der Waals surface area contributed by atoms with E-state index in [1.807, 2.05) is 11.0 Å². The van der Waals surface area contributed by atoms with Crippen molar-refractivity contribution in [1.82, 2.24) is 9.80 Å². The smallest absolute Gasteiger partial charge is 0.416 e. The number of halogens is 3. The van der Waals surface area contributed by atoms with Crippen LogP contribution in [0.25, 0.3) is 0 Å². The fourth-order valence-electron chi connectivity index (χ4n) is 5.16. The number of amides is 1. The lowest BCUT2D eigenvalue weighted by Gasteiger charge is -2.38. The molecule has 0 saturated carbocycles. The molecule has 1 amide bonds. The minimum Gasteiger partial charge on any atom is -0.492 e. The van der Waals surface area contributed by atoms with Crippen LogP contribution < -0.4 is 10.5 Å². The molecular formula is C25H30F3N3O2. The predicted molar refractivity (Wildman–Crippen MR) is 120 cm³/mol. The highest BCUT2D eigenvalue weighted by atomic mass is 19.4. The van der Waals surface area contributed by atoms with Crippen molar-refractivity contribution in [2.24, 2.45) is 5.73 Å². The summed E-state index contributed by atoms with van der Waals surface area (Å²) in [4.78, 5) is 17.2. The molecule has 178 valence electrons. The van der Waals surface area contributed by atoms with Crippen LogP contribution in [-0.4, -0.2) is 54.0 Å². The molecular weight excluding hydrogens is 431 g/mol. The number of rotatable bonds is 6. The van der Waals surface area contributed by atoms with E-state index in [-0.39, 0.29) is 24.0 Å². The van der Waals surface area contributed by atoms with Crippen LogP contribution in [0.15, 0.2) is 36.4 Å². The van der Waals surface area contributed by atoms with E-state index in [9.17, 15) is 18.0 Å². The molecule has 0 aromatic heterocycles. The van der Waals surface area contributed by atoms with Crippen LogP contribution in [0.1, 0.15) is 52.0 Å². The van der Waals surface area contributed by atoms with Crippen LogP contribution in [0.5, 0.6) is 5.75 Å². The van der Waals surface area contributed by atoms with Gasteiger partial charge in [-0.15, -0.1) is 0 Å². The zero-order valence-corrected chi connectivity index (χ0v) is 19.2. The highest BCUT2D eigenvalue weighted by Gasteiger charge is 2.47. The fraction of sp³-hybridized carbons (Fsp3) is 0.480. The Labute approximate surface area is 192 Å². The summed E-state index contributed by atoms with van der Waals surface area (Å²) in [5.74, 6) is 0.655. The second kappa shape index (κ2) is 8.99. The van der Waals surface area contributed by atoms with Gasteiger partial charge in [0.25, 0.3) is 5.91 Å². The molecule has 2 aliphatic rings. The summed E-state index contributed by atoms with van der Waals surface area (Å²) >= 11 is 0. The molecule has 33 heavy (non-hydrogen) atoms. The van der Waals surface area contributed by atoms with Gasteiger partial charge in [0.1, 0.15) is 12.4 Å². The van der Waals surface area contributed by atoms with Crippen molar-refractivity contribution in [3.63, 3.8) is 0 Å². The molecule has 2 aliphatic heterocycles. The molecule has 8 heteroatoms. The van der Waals surface area contributed by atoms with E-state index < -0.39 is 11.7 Å². The van der Waals surface area contributed by atoms with Crippen LogP contribution in [0.3, 0.4) is 0 Å². The van der Waals surface area contributed by atoms with E-state index >= 15 is 0 Å². The van der Waals surface area contributed by atoms with E-state index in [4.69, 9.17) is 10.5 Å². The number of likely N-dealkylation sites (tertiary alicyclic amines) is 2. The van der Waals surface area contributed by atoms with Gasteiger partial charge in [0.05, 0.1) is 5.56 Å². The minimum absolute atomic E-state index is 0.0702. The molecule has 5 nitrogen and oxygen atoms in total. The third-order valence-electron chi connectivity index (χ3n) is 7.11.